The van der Waals surface area contributed by atoms with Gasteiger partial charge in [-0.3, -0.25) is 9.11 Å². The standard InChI is InChI=1S/C4H6F4O8S2.Li.H/c5-3(6,1-15-17(9,10)11)4(7,8)2-16-18(12,13)14;;/h1-2H2,(H,9,10,11)(H,12,13,14);;/q;+1;-1. The first-order chi connectivity index (χ1) is 7.66. The van der Waals surface area contributed by atoms with Crippen molar-refractivity contribution in [2.75, 3.05) is 13.2 Å². The largest absolute Gasteiger partial charge is 1.00 e. The second-order valence-corrected chi connectivity index (χ2v) is 4.97. The third-order valence-corrected chi connectivity index (χ3v) is 2.14. The summed E-state index contributed by atoms with van der Waals surface area (Å²) in [6, 6.07) is 0. The van der Waals surface area contributed by atoms with Gasteiger partial charge in [0.05, 0.1) is 0 Å². The Balaban J connectivity index is -0.00000144. The Hall–Kier alpha value is 0.0574. The van der Waals surface area contributed by atoms with Gasteiger partial charge < -0.3 is 1.43 Å². The van der Waals surface area contributed by atoms with Crippen LogP contribution in [0.25, 0.3) is 0 Å². The predicted molar refractivity (Wildman–Crippen MR) is 46.0 cm³/mol. The SMILES string of the molecule is O=S(=O)(O)OCC(F)(F)C(F)(F)COS(=O)(=O)O.[H-].[Li+]. The average molecular weight is 330 g/mol. The molecular weight excluding hydrogens is 323 g/mol. The van der Waals surface area contributed by atoms with E-state index in [2.05, 4.69) is 8.37 Å². The van der Waals surface area contributed by atoms with Gasteiger partial charge in [0.2, 0.25) is 0 Å². The summed E-state index contributed by atoms with van der Waals surface area (Å²) in [4.78, 5) is 0. The van der Waals surface area contributed by atoms with Crippen LogP contribution in [-0.4, -0.2) is 51.0 Å². The molecule has 0 saturated carbocycles. The van der Waals surface area contributed by atoms with Crippen molar-refractivity contribution in [2.45, 2.75) is 11.8 Å². The van der Waals surface area contributed by atoms with E-state index in [1.807, 2.05) is 0 Å². The first-order valence-corrected chi connectivity index (χ1v) is 6.39. The first-order valence-electron chi connectivity index (χ1n) is 3.66. The summed E-state index contributed by atoms with van der Waals surface area (Å²) in [6.07, 6.45) is 0. The summed E-state index contributed by atoms with van der Waals surface area (Å²) in [7, 11) is -10.8. The van der Waals surface area contributed by atoms with Gasteiger partial charge >= 0.3 is 51.5 Å². The number of halogens is 4. The molecule has 15 heteroatoms. The molecule has 0 spiro atoms. The van der Waals surface area contributed by atoms with Crippen molar-refractivity contribution in [2.24, 2.45) is 0 Å². The molecule has 0 atom stereocenters. The average Bonchev–Trinajstić information content (AvgIpc) is 2.10. The molecule has 0 aromatic heterocycles. The van der Waals surface area contributed by atoms with E-state index in [1.54, 1.807) is 0 Å². The second kappa shape index (κ2) is 6.67. The molecule has 0 radical (unpaired) electrons. The van der Waals surface area contributed by atoms with E-state index in [-0.39, 0.29) is 20.3 Å². The minimum absolute atomic E-state index is 0. The van der Waals surface area contributed by atoms with Crippen molar-refractivity contribution in [1.29, 1.82) is 0 Å². The van der Waals surface area contributed by atoms with E-state index < -0.39 is 45.9 Å². The van der Waals surface area contributed by atoms with Gasteiger partial charge in [-0.25, -0.2) is 8.37 Å². The van der Waals surface area contributed by atoms with E-state index in [0.29, 0.717) is 0 Å². The summed E-state index contributed by atoms with van der Waals surface area (Å²) in [6.45, 7) is -4.90. The minimum Gasteiger partial charge on any atom is -1.00 e. The molecule has 2 N–H and O–H groups in total. The third kappa shape index (κ3) is 8.76. The van der Waals surface area contributed by atoms with Gasteiger partial charge in [0, 0.05) is 0 Å². The fourth-order valence-corrected chi connectivity index (χ4v) is 1.10. The molecule has 0 aliphatic rings. The van der Waals surface area contributed by atoms with E-state index in [4.69, 9.17) is 9.11 Å². The molecule has 19 heavy (non-hydrogen) atoms. The van der Waals surface area contributed by atoms with Crippen molar-refractivity contribution in [1.82, 2.24) is 0 Å². The summed E-state index contributed by atoms with van der Waals surface area (Å²) < 4.78 is 112. The zero-order valence-electron chi connectivity index (χ0n) is 10.1. The molecule has 0 saturated heterocycles. The van der Waals surface area contributed by atoms with Gasteiger partial charge in [-0.2, -0.15) is 34.4 Å². The van der Waals surface area contributed by atoms with Crippen LogP contribution in [0, 0.1) is 0 Å². The molecule has 0 aliphatic carbocycles. The summed E-state index contributed by atoms with van der Waals surface area (Å²) in [5.74, 6) is -10.3. The molecule has 112 valence electrons. The van der Waals surface area contributed by atoms with E-state index >= 15 is 0 Å². The van der Waals surface area contributed by atoms with Gasteiger partial charge in [-0.05, 0) is 0 Å². The molecule has 8 nitrogen and oxygen atoms in total. The maximum absolute atomic E-state index is 12.7. The van der Waals surface area contributed by atoms with Crippen molar-refractivity contribution in [3.63, 3.8) is 0 Å². The Morgan fingerprint density at radius 1 is 0.842 bits per heavy atom. The van der Waals surface area contributed by atoms with Crippen LogP contribution in [0.15, 0.2) is 0 Å². The van der Waals surface area contributed by atoms with Crippen molar-refractivity contribution < 1.29 is 72.2 Å². The second-order valence-electron chi connectivity index (χ2n) is 2.79. The van der Waals surface area contributed by atoms with E-state index in [9.17, 15) is 34.4 Å². The maximum Gasteiger partial charge on any atom is 1.00 e. The minimum atomic E-state index is -5.38. The smallest absolute Gasteiger partial charge is 1.00 e. The Morgan fingerprint density at radius 2 is 1.05 bits per heavy atom. The van der Waals surface area contributed by atoms with E-state index in [1.165, 1.54) is 0 Å². The summed E-state index contributed by atoms with van der Waals surface area (Å²) in [5.41, 5.74) is 0. The molecular formula is C4H7F4LiO8S2. The Bertz CT molecular complexity index is 447. The number of hydrogen-bond acceptors (Lipinski definition) is 6. The molecule has 0 rings (SSSR count). The third-order valence-electron chi connectivity index (χ3n) is 1.31. The molecule has 0 aliphatic heterocycles. The topological polar surface area (TPSA) is 127 Å². The van der Waals surface area contributed by atoms with Crippen LogP contribution in [0.4, 0.5) is 17.6 Å². The van der Waals surface area contributed by atoms with Crippen LogP contribution >= 0.6 is 0 Å². The van der Waals surface area contributed by atoms with Crippen LogP contribution in [0.2, 0.25) is 0 Å². The van der Waals surface area contributed by atoms with Gasteiger partial charge in [-0.1, -0.05) is 0 Å². The van der Waals surface area contributed by atoms with Gasteiger partial charge in [0.1, 0.15) is 13.2 Å². The fraction of sp³-hybridized carbons (Fsp3) is 1.00. The maximum atomic E-state index is 12.7. The van der Waals surface area contributed by atoms with E-state index in [0.717, 1.165) is 0 Å². The molecule has 0 aromatic rings. The van der Waals surface area contributed by atoms with Crippen LogP contribution in [0.5, 0.6) is 0 Å². The van der Waals surface area contributed by atoms with Crippen LogP contribution in [0.1, 0.15) is 1.43 Å². The number of hydrogen-bond donors (Lipinski definition) is 2. The fourth-order valence-electron chi connectivity index (χ4n) is 0.508. The molecule has 0 bridgehead atoms. The molecule has 0 heterocycles. The summed E-state index contributed by atoms with van der Waals surface area (Å²) in [5, 5.41) is 0. The Kier molecular flexibility index (Phi) is 7.50. The predicted octanol–water partition coefficient (Wildman–Crippen LogP) is -2.99. The molecule has 0 amide bonds. The van der Waals surface area contributed by atoms with Gasteiger partial charge in [0.25, 0.3) is 0 Å². The molecule has 0 unspecified atom stereocenters. The van der Waals surface area contributed by atoms with Crippen molar-refractivity contribution in [3.05, 3.63) is 0 Å². The van der Waals surface area contributed by atoms with Crippen LogP contribution in [0.3, 0.4) is 0 Å². The van der Waals surface area contributed by atoms with Gasteiger partial charge in [0.15, 0.2) is 0 Å². The van der Waals surface area contributed by atoms with Crippen molar-refractivity contribution in [3.8, 4) is 0 Å². The Labute approximate surface area is 118 Å². The monoisotopic (exact) mass is 330 g/mol. The van der Waals surface area contributed by atoms with Crippen LogP contribution < -0.4 is 18.9 Å². The first kappa shape index (κ1) is 21.4. The quantitative estimate of drug-likeness (QED) is 0.287. The zero-order valence-corrected chi connectivity index (χ0v) is 10.7. The Morgan fingerprint density at radius 3 is 1.21 bits per heavy atom. The normalized spacial score (nSPS) is 14.0. The number of alkyl halides is 4. The van der Waals surface area contributed by atoms with Gasteiger partial charge in [-0.15, -0.1) is 0 Å². The van der Waals surface area contributed by atoms with Crippen molar-refractivity contribution >= 4 is 20.8 Å². The van der Waals surface area contributed by atoms with Crippen LogP contribution in [-0.2, 0) is 29.2 Å². The number of rotatable bonds is 7. The molecule has 0 aromatic carbocycles. The zero-order chi connectivity index (χ0) is 14.8. The summed E-state index contributed by atoms with van der Waals surface area (Å²) >= 11 is 0. The molecule has 0 fully saturated rings.